The Morgan fingerprint density at radius 3 is 1.73 bits per heavy atom. The minimum Gasteiger partial charge on any atom is -0.480 e. The fraction of sp³-hybridized carbons (Fsp3) is 0.684. The molecular formula is C19H29N5O9. The third kappa shape index (κ3) is 9.21. The van der Waals surface area contributed by atoms with Crippen molar-refractivity contribution in [1.82, 2.24) is 24.7 Å². The number of aliphatic carboxylic acids is 2. The summed E-state index contributed by atoms with van der Waals surface area (Å²) < 4.78 is 0. The van der Waals surface area contributed by atoms with Crippen LogP contribution in [0, 0.1) is 0 Å². The van der Waals surface area contributed by atoms with Crippen LogP contribution in [0.3, 0.4) is 0 Å². The van der Waals surface area contributed by atoms with E-state index >= 15 is 0 Å². The van der Waals surface area contributed by atoms with Gasteiger partial charge in [0.15, 0.2) is 0 Å². The Bertz CT molecular complexity index is 746. The molecule has 0 atom stereocenters. The first kappa shape index (κ1) is 26.3. The van der Waals surface area contributed by atoms with E-state index in [1.165, 1.54) is 0 Å². The molecule has 0 spiro atoms. The minimum absolute atomic E-state index is 0.0204. The number of hydrogen-bond acceptors (Lipinski definition) is 11. The lowest BCUT2D eigenvalue weighted by molar-refractivity contribution is -0.198. The Morgan fingerprint density at radius 1 is 0.758 bits per heavy atom. The van der Waals surface area contributed by atoms with Crippen molar-refractivity contribution in [3.63, 3.8) is 0 Å². The molecular weight excluding hydrogens is 442 g/mol. The summed E-state index contributed by atoms with van der Waals surface area (Å²) >= 11 is 0. The average molecular weight is 471 g/mol. The summed E-state index contributed by atoms with van der Waals surface area (Å²) in [6.07, 6.45) is 0.652. The van der Waals surface area contributed by atoms with Crippen LogP contribution in [0.25, 0.3) is 0 Å². The number of rotatable bonds is 9. The van der Waals surface area contributed by atoms with Gasteiger partial charge in [-0.05, 0) is 0 Å². The molecule has 0 unspecified atom stereocenters. The van der Waals surface area contributed by atoms with E-state index in [2.05, 4.69) is 0 Å². The Kier molecular flexibility index (Phi) is 10.3. The standard InChI is InChI=1S/C19H29N5O9/c25-10-9-22-7-5-21(13-19(32)33-24-15(26)1-2-16(24)27)4-3-20(11-17(28)29)6-8-23(14-22)12-18(30)31/h10H,1-9,11-14H2,(H,28,29)(H,30,31). The molecule has 0 saturated carbocycles. The number of carboxylic acid groups (broad SMARTS) is 2. The molecule has 184 valence electrons. The molecule has 0 radical (unpaired) electrons. The summed E-state index contributed by atoms with van der Waals surface area (Å²) in [6, 6.07) is 0. The molecule has 2 rings (SSSR count). The Balaban J connectivity index is 2.09. The van der Waals surface area contributed by atoms with Gasteiger partial charge in [-0.25, -0.2) is 4.79 Å². The van der Waals surface area contributed by atoms with Crippen LogP contribution in [-0.2, 0) is 33.6 Å². The van der Waals surface area contributed by atoms with E-state index in [1.54, 1.807) is 19.6 Å². The van der Waals surface area contributed by atoms with Crippen LogP contribution in [0.15, 0.2) is 0 Å². The molecule has 33 heavy (non-hydrogen) atoms. The molecule has 14 heteroatoms. The molecule has 0 aromatic rings. The molecule has 0 aromatic heterocycles. The number of amides is 2. The second-order valence-corrected chi connectivity index (χ2v) is 7.82. The Hall–Kier alpha value is -2.94. The summed E-state index contributed by atoms with van der Waals surface area (Å²) in [6.45, 7) is 1.11. The van der Waals surface area contributed by atoms with Crippen LogP contribution in [0.4, 0.5) is 0 Å². The molecule has 0 aliphatic carbocycles. The fourth-order valence-corrected chi connectivity index (χ4v) is 3.55. The third-order valence-electron chi connectivity index (χ3n) is 5.20. The first-order valence-corrected chi connectivity index (χ1v) is 10.5. The highest BCUT2D eigenvalue weighted by molar-refractivity contribution is 6.01. The number of carbonyl (C=O) groups is 6. The first-order valence-electron chi connectivity index (χ1n) is 10.5. The van der Waals surface area contributed by atoms with Gasteiger partial charge in [-0.2, -0.15) is 0 Å². The molecule has 2 aliphatic rings. The van der Waals surface area contributed by atoms with Gasteiger partial charge in [0.2, 0.25) is 0 Å². The lowest BCUT2D eigenvalue weighted by atomic mass is 10.3. The summed E-state index contributed by atoms with van der Waals surface area (Å²) in [5, 5.41) is 18.8. The van der Waals surface area contributed by atoms with Crippen LogP contribution in [0.1, 0.15) is 12.8 Å². The molecule has 2 saturated heterocycles. The molecule has 2 aliphatic heterocycles. The van der Waals surface area contributed by atoms with Crippen molar-refractivity contribution in [3.8, 4) is 0 Å². The van der Waals surface area contributed by atoms with Gasteiger partial charge in [0, 0.05) is 52.1 Å². The highest BCUT2D eigenvalue weighted by Gasteiger charge is 2.33. The van der Waals surface area contributed by atoms with E-state index in [0.29, 0.717) is 17.9 Å². The SMILES string of the molecule is O=CCN1CCN(CC(=O)ON2C(=O)CCC2=O)CCN(CC(=O)O)CCN(CC(=O)O)C1. The van der Waals surface area contributed by atoms with Crippen LogP contribution in [0.2, 0.25) is 0 Å². The highest BCUT2D eigenvalue weighted by atomic mass is 16.7. The lowest BCUT2D eigenvalue weighted by Gasteiger charge is -2.29. The van der Waals surface area contributed by atoms with Gasteiger partial charge in [0.1, 0.15) is 6.29 Å². The van der Waals surface area contributed by atoms with Crippen LogP contribution >= 0.6 is 0 Å². The van der Waals surface area contributed by atoms with E-state index in [4.69, 9.17) is 4.84 Å². The predicted molar refractivity (Wildman–Crippen MR) is 109 cm³/mol. The Labute approximate surface area is 190 Å². The van der Waals surface area contributed by atoms with Crippen molar-refractivity contribution < 1.29 is 43.8 Å². The molecule has 0 bridgehead atoms. The van der Waals surface area contributed by atoms with Crippen molar-refractivity contribution in [2.45, 2.75) is 12.8 Å². The van der Waals surface area contributed by atoms with Gasteiger partial charge in [-0.15, -0.1) is 5.06 Å². The minimum atomic E-state index is -1.05. The quantitative estimate of drug-likeness (QED) is 0.260. The topological polar surface area (TPSA) is 168 Å². The zero-order chi connectivity index (χ0) is 24.4. The zero-order valence-electron chi connectivity index (χ0n) is 18.3. The number of carbonyl (C=O) groups excluding carboxylic acids is 4. The van der Waals surface area contributed by atoms with Crippen LogP contribution in [0.5, 0.6) is 0 Å². The van der Waals surface area contributed by atoms with Crippen molar-refractivity contribution >= 4 is 36.0 Å². The van der Waals surface area contributed by atoms with Gasteiger partial charge >= 0.3 is 17.9 Å². The predicted octanol–water partition coefficient (Wildman–Crippen LogP) is -2.86. The maximum atomic E-state index is 12.4. The van der Waals surface area contributed by atoms with Gasteiger partial charge in [0.25, 0.3) is 11.8 Å². The maximum absolute atomic E-state index is 12.4. The molecule has 2 amide bonds. The maximum Gasteiger partial charge on any atom is 0.347 e. The summed E-state index contributed by atoms with van der Waals surface area (Å²) in [4.78, 5) is 80.8. The van der Waals surface area contributed by atoms with Crippen molar-refractivity contribution in [1.29, 1.82) is 0 Å². The second kappa shape index (κ2) is 12.9. The molecule has 2 heterocycles. The van der Waals surface area contributed by atoms with E-state index in [0.717, 1.165) is 0 Å². The fourth-order valence-electron chi connectivity index (χ4n) is 3.55. The van der Waals surface area contributed by atoms with Crippen LogP contribution < -0.4 is 0 Å². The largest absolute Gasteiger partial charge is 0.480 e. The molecule has 0 aromatic carbocycles. The van der Waals surface area contributed by atoms with Crippen molar-refractivity contribution in [2.75, 3.05) is 72.1 Å². The summed E-state index contributed by atoms with van der Waals surface area (Å²) in [5.41, 5.74) is 0. The molecule has 2 fully saturated rings. The monoisotopic (exact) mass is 471 g/mol. The lowest BCUT2D eigenvalue weighted by Crippen LogP contribution is -2.46. The van der Waals surface area contributed by atoms with E-state index in [-0.39, 0.29) is 78.4 Å². The number of carboxylic acids is 2. The first-order chi connectivity index (χ1) is 15.7. The zero-order valence-corrected chi connectivity index (χ0v) is 18.3. The number of hydrogen-bond donors (Lipinski definition) is 2. The molecule has 14 nitrogen and oxygen atoms in total. The average Bonchev–Trinajstić information content (AvgIpc) is 3.02. The van der Waals surface area contributed by atoms with Crippen molar-refractivity contribution in [2.24, 2.45) is 0 Å². The van der Waals surface area contributed by atoms with Crippen LogP contribution in [-0.4, -0.2) is 143 Å². The summed E-state index contributed by atoms with van der Waals surface area (Å²) in [7, 11) is 0. The summed E-state index contributed by atoms with van der Waals surface area (Å²) in [5.74, 6) is -4.08. The van der Waals surface area contributed by atoms with Gasteiger partial charge in [0.05, 0.1) is 32.8 Å². The van der Waals surface area contributed by atoms with Gasteiger partial charge in [-0.1, -0.05) is 0 Å². The van der Waals surface area contributed by atoms with E-state index < -0.39 is 29.7 Å². The van der Waals surface area contributed by atoms with Gasteiger partial charge < -0.3 is 19.8 Å². The number of nitrogens with zero attached hydrogens (tertiary/aromatic N) is 5. The normalized spacial score (nSPS) is 20.4. The number of aldehydes is 1. The second-order valence-electron chi connectivity index (χ2n) is 7.82. The number of hydroxylamine groups is 2. The van der Waals surface area contributed by atoms with E-state index in [1.807, 2.05) is 0 Å². The smallest absolute Gasteiger partial charge is 0.347 e. The third-order valence-corrected chi connectivity index (χ3v) is 5.20. The highest BCUT2D eigenvalue weighted by Crippen LogP contribution is 2.12. The van der Waals surface area contributed by atoms with Crippen molar-refractivity contribution in [3.05, 3.63) is 0 Å². The van der Waals surface area contributed by atoms with E-state index in [9.17, 15) is 39.0 Å². The Morgan fingerprint density at radius 2 is 1.21 bits per heavy atom. The number of imide groups is 1. The molecule has 2 N–H and O–H groups in total. The van der Waals surface area contributed by atoms with Gasteiger partial charge in [-0.3, -0.25) is 38.8 Å².